The van der Waals surface area contributed by atoms with Crippen molar-refractivity contribution in [1.29, 1.82) is 5.26 Å². The summed E-state index contributed by atoms with van der Waals surface area (Å²) in [6, 6.07) is 15.6. The van der Waals surface area contributed by atoms with Crippen molar-refractivity contribution < 1.29 is 9.84 Å². The monoisotopic (exact) mass is 320 g/mol. The summed E-state index contributed by atoms with van der Waals surface area (Å²) in [5.74, 6) is 0.725. The number of fused-ring (bicyclic) bond motifs is 1. The van der Waals surface area contributed by atoms with Gasteiger partial charge in [-0.25, -0.2) is 0 Å². The number of likely N-dealkylation sites (tertiary alicyclic amines) is 1. The van der Waals surface area contributed by atoms with Crippen LogP contribution in [0.4, 0.5) is 0 Å². The van der Waals surface area contributed by atoms with E-state index in [0.29, 0.717) is 12.2 Å². The van der Waals surface area contributed by atoms with Gasteiger partial charge in [-0.2, -0.15) is 5.26 Å². The molecular weight excluding hydrogens is 300 g/mol. The predicted octanol–water partition coefficient (Wildman–Crippen LogP) is 3.12. The highest BCUT2D eigenvalue weighted by Crippen LogP contribution is 2.38. The molecule has 2 atom stereocenters. The first-order valence-corrected chi connectivity index (χ1v) is 8.46. The molecule has 0 spiro atoms. The van der Waals surface area contributed by atoms with E-state index in [1.807, 2.05) is 42.5 Å². The maximum absolute atomic E-state index is 10.8. The highest BCUT2D eigenvalue weighted by atomic mass is 16.5. The van der Waals surface area contributed by atoms with Gasteiger partial charge in [0.1, 0.15) is 18.5 Å². The summed E-state index contributed by atoms with van der Waals surface area (Å²) in [7, 11) is 0. The molecule has 4 heteroatoms. The molecule has 2 aliphatic heterocycles. The Balaban J connectivity index is 1.67. The number of nitrogens with zero attached hydrogens (tertiary/aromatic N) is 2. The average molecular weight is 320 g/mol. The van der Waals surface area contributed by atoms with E-state index in [1.54, 1.807) is 0 Å². The predicted molar refractivity (Wildman–Crippen MR) is 91.6 cm³/mol. The van der Waals surface area contributed by atoms with E-state index < -0.39 is 6.10 Å². The van der Waals surface area contributed by atoms with Crippen LogP contribution in [0.25, 0.3) is 11.1 Å². The molecule has 0 unspecified atom stereocenters. The fraction of sp³-hybridized carbons (Fsp3) is 0.350. The van der Waals surface area contributed by atoms with Gasteiger partial charge >= 0.3 is 0 Å². The number of nitriles is 1. The van der Waals surface area contributed by atoms with Crippen molar-refractivity contribution in [1.82, 2.24) is 4.90 Å². The van der Waals surface area contributed by atoms with Crippen LogP contribution in [0.15, 0.2) is 42.5 Å². The lowest BCUT2D eigenvalue weighted by Crippen LogP contribution is -2.44. The Bertz CT molecular complexity index is 790. The first-order chi connectivity index (χ1) is 11.8. The van der Waals surface area contributed by atoms with Gasteiger partial charge in [-0.15, -0.1) is 0 Å². The van der Waals surface area contributed by atoms with Crippen molar-refractivity contribution in [2.45, 2.75) is 25.0 Å². The largest absolute Gasteiger partial charge is 0.491 e. The highest BCUT2D eigenvalue weighted by molar-refractivity contribution is 5.72. The number of hydrogen-bond donors (Lipinski definition) is 1. The summed E-state index contributed by atoms with van der Waals surface area (Å²) in [5, 5.41) is 20.1. The minimum atomic E-state index is -0.521. The van der Waals surface area contributed by atoms with Crippen molar-refractivity contribution >= 4 is 0 Å². The Hall–Kier alpha value is -2.35. The van der Waals surface area contributed by atoms with Gasteiger partial charge in [0, 0.05) is 5.56 Å². The molecule has 4 nitrogen and oxygen atoms in total. The molecule has 1 N–H and O–H groups in total. The third kappa shape index (κ3) is 2.56. The summed E-state index contributed by atoms with van der Waals surface area (Å²) in [6.07, 6.45) is 1.87. The lowest BCUT2D eigenvalue weighted by Gasteiger charge is -2.36. The fourth-order valence-electron chi connectivity index (χ4n) is 3.76. The van der Waals surface area contributed by atoms with Crippen LogP contribution in [0.5, 0.6) is 5.75 Å². The molecule has 2 heterocycles. The topological polar surface area (TPSA) is 56.5 Å². The van der Waals surface area contributed by atoms with Crippen molar-refractivity contribution in [2.24, 2.45) is 0 Å². The molecule has 0 radical (unpaired) electrons. The van der Waals surface area contributed by atoms with Gasteiger partial charge < -0.3 is 9.84 Å². The van der Waals surface area contributed by atoms with Crippen molar-refractivity contribution in [3.63, 3.8) is 0 Å². The number of hydrogen-bond acceptors (Lipinski definition) is 4. The SMILES string of the molecule is N#Cc1ccccc1-c1ccc2c(c1)OC[C@@H](N1CCCC1)[C@@H]2O. The first-order valence-electron chi connectivity index (χ1n) is 8.46. The van der Waals surface area contributed by atoms with Crippen LogP contribution in [0.1, 0.15) is 30.1 Å². The summed E-state index contributed by atoms with van der Waals surface area (Å²) >= 11 is 0. The summed E-state index contributed by atoms with van der Waals surface area (Å²) in [6.45, 7) is 2.58. The Morgan fingerprint density at radius 3 is 2.71 bits per heavy atom. The quantitative estimate of drug-likeness (QED) is 0.924. The maximum Gasteiger partial charge on any atom is 0.125 e. The second kappa shape index (κ2) is 6.27. The summed E-state index contributed by atoms with van der Waals surface area (Å²) < 4.78 is 5.97. The molecule has 24 heavy (non-hydrogen) atoms. The zero-order valence-electron chi connectivity index (χ0n) is 13.5. The van der Waals surface area contributed by atoms with E-state index in [1.165, 1.54) is 12.8 Å². The van der Waals surface area contributed by atoms with E-state index in [0.717, 1.165) is 35.5 Å². The standard InChI is InChI=1S/C20H20N2O2/c21-12-15-5-1-2-6-16(15)14-7-8-17-19(11-14)24-13-18(20(17)23)22-9-3-4-10-22/h1-2,5-8,11,18,20,23H,3-4,9-10,13H2/t18-,20-/m1/s1. The van der Waals surface area contributed by atoms with Gasteiger partial charge in [0.05, 0.1) is 17.7 Å². The third-order valence-corrected chi connectivity index (χ3v) is 5.07. The average Bonchev–Trinajstić information content (AvgIpc) is 3.16. The minimum Gasteiger partial charge on any atom is -0.491 e. The maximum atomic E-state index is 10.8. The van der Waals surface area contributed by atoms with E-state index in [-0.39, 0.29) is 6.04 Å². The Morgan fingerprint density at radius 2 is 1.92 bits per heavy atom. The van der Waals surface area contributed by atoms with Crippen molar-refractivity contribution in [3.05, 3.63) is 53.6 Å². The second-order valence-electron chi connectivity index (χ2n) is 6.48. The van der Waals surface area contributed by atoms with Gasteiger partial charge in [-0.1, -0.05) is 30.3 Å². The number of rotatable bonds is 2. The van der Waals surface area contributed by atoms with Crippen LogP contribution < -0.4 is 4.74 Å². The third-order valence-electron chi connectivity index (χ3n) is 5.07. The van der Waals surface area contributed by atoms with Gasteiger partial charge in [0.2, 0.25) is 0 Å². The van der Waals surface area contributed by atoms with Crippen LogP contribution in [-0.2, 0) is 0 Å². The molecule has 0 aliphatic carbocycles. The van der Waals surface area contributed by atoms with E-state index >= 15 is 0 Å². The molecule has 0 amide bonds. The lowest BCUT2D eigenvalue weighted by molar-refractivity contribution is 0.0140. The normalized spacial score (nSPS) is 23.3. The fourth-order valence-corrected chi connectivity index (χ4v) is 3.76. The molecule has 1 fully saturated rings. The van der Waals surface area contributed by atoms with Crippen LogP contribution in [0, 0.1) is 11.3 Å². The van der Waals surface area contributed by atoms with Crippen LogP contribution in [-0.4, -0.2) is 35.7 Å². The zero-order valence-corrected chi connectivity index (χ0v) is 13.5. The summed E-state index contributed by atoms with van der Waals surface area (Å²) in [4.78, 5) is 2.33. The van der Waals surface area contributed by atoms with Gasteiger partial charge in [-0.05, 0) is 49.2 Å². The van der Waals surface area contributed by atoms with Crippen molar-refractivity contribution in [3.8, 4) is 22.9 Å². The van der Waals surface area contributed by atoms with E-state index in [9.17, 15) is 10.4 Å². The first kappa shape index (κ1) is 15.2. The molecular formula is C20H20N2O2. The molecule has 4 rings (SSSR count). The van der Waals surface area contributed by atoms with Crippen LogP contribution in [0.2, 0.25) is 0 Å². The van der Waals surface area contributed by atoms with Crippen LogP contribution >= 0.6 is 0 Å². The Kier molecular flexibility index (Phi) is 3.97. The Morgan fingerprint density at radius 1 is 1.12 bits per heavy atom. The van der Waals surface area contributed by atoms with Gasteiger partial charge in [-0.3, -0.25) is 4.90 Å². The minimum absolute atomic E-state index is 0.0391. The highest BCUT2D eigenvalue weighted by Gasteiger charge is 2.35. The number of aliphatic hydroxyl groups is 1. The second-order valence-corrected chi connectivity index (χ2v) is 6.48. The molecule has 1 saturated heterocycles. The lowest BCUT2D eigenvalue weighted by atomic mass is 9.93. The molecule has 0 bridgehead atoms. The molecule has 2 aliphatic rings. The van der Waals surface area contributed by atoms with Crippen molar-refractivity contribution in [2.75, 3.05) is 19.7 Å². The van der Waals surface area contributed by atoms with Crippen LogP contribution in [0.3, 0.4) is 0 Å². The molecule has 2 aromatic rings. The smallest absolute Gasteiger partial charge is 0.125 e. The molecule has 2 aromatic carbocycles. The number of ether oxygens (including phenoxy) is 1. The van der Waals surface area contributed by atoms with E-state index in [4.69, 9.17) is 4.74 Å². The number of benzene rings is 2. The zero-order chi connectivity index (χ0) is 16.5. The summed E-state index contributed by atoms with van der Waals surface area (Å²) in [5.41, 5.74) is 3.32. The van der Waals surface area contributed by atoms with Gasteiger partial charge in [0.25, 0.3) is 0 Å². The molecule has 0 aromatic heterocycles. The van der Waals surface area contributed by atoms with Gasteiger partial charge in [0.15, 0.2) is 0 Å². The number of aliphatic hydroxyl groups excluding tert-OH is 1. The Labute approximate surface area is 141 Å². The molecule has 122 valence electrons. The van der Waals surface area contributed by atoms with E-state index in [2.05, 4.69) is 11.0 Å². The molecule has 0 saturated carbocycles.